The van der Waals surface area contributed by atoms with E-state index >= 15 is 0 Å². The van der Waals surface area contributed by atoms with E-state index in [1.807, 2.05) is 6.08 Å². The van der Waals surface area contributed by atoms with E-state index in [1.54, 1.807) is 0 Å². The zero-order chi connectivity index (χ0) is 8.97. The van der Waals surface area contributed by atoms with Gasteiger partial charge in [0.2, 0.25) is 0 Å². The fraction of sp³-hybridized carbons (Fsp3) is 0.700. The molecule has 1 rings (SSSR count). The molecule has 2 heteroatoms. The third-order valence-corrected chi connectivity index (χ3v) is 2.93. The lowest BCUT2D eigenvalue weighted by Crippen LogP contribution is -2.26. The Hall–Kier alpha value is -0.300. The molecule has 68 valence electrons. The molecule has 12 heavy (non-hydrogen) atoms. The number of carbonyl (C=O) groups excluding carboxylic acids is 1. The molecule has 1 aliphatic carbocycles. The highest BCUT2D eigenvalue weighted by Gasteiger charge is 2.27. The lowest BCUT2D eigenvalue weighted by Gasteiger charge is -2.27. The molecule has 0 unspecified atom stereocenters. The Kier molecular flexibility index (Phi) is 3.80. The fourth-order valence-corrected chi connectivity index (χ4v) is 2.14. The van der Waals surface area contributed by atoms with Crippen LogP contribution in [0.5, 0.6) is 0 Å². The maximum atomic E-state index is 11.4. The number of ketones is 1. The normalized spacial score (nSPS) is 29.8. The highest BCUT2D eigenvalue weighted by Crippen LogP contribution is 2.31. The van der Waals surface area contributed by atoms with Gasteiger partial charge in [-0.15, -0.1) is 18.2 Å². The van der Waals surface area contributed by atoms with E-state index < -0.39 is 0 Å². The third-order valence-electron chi connectivity index (χ3n) is 2.67. The zero-order valence-electron chi connectivity index (χ0n) is 7.26. The summed E-state index contributed by atoms with van der Waals surface area (Å²) in [5.41, 5.74) is 0. The number of hydrogen-bond donors (Lipinski definition) is 0. The van der Waals surface area contributed by atoms with Crippen LogP contribution in [0.25, 0.3) is 0 Å². The van der Waals surface area contributed by atoms with E-state index in [-0.39, 0.29) is 17.6 Å². The van der Waals surface area contributed by atoms with Crippen LogP contribution >= 0.6 is 11.6 Å². The molecule has 1 fully saturated rings. The third kappa shape index (κ3) is 2.10. The second-order valence-corrected chi connectivity index (χ2v) is 3.66. The molecule has 2 atom stereocenters. The summed E-state index contributed by atoms with van der Waals surface area (Å²) >= 11 is 5.52. The van der Waals surface area contributed by atoms with Crippen molar-refractivity contribution in [3.05, 3.63) is 12.7 Å². The van der Waals surface area contributed by atoms with E-state index in [0.717, 1.165) is 19.3 Å². The van der Waals surface area contributed by atoms with E-state index in [1.165, 1.54) is 6.42 Å². The van der Waals surface area contributed by atoms with Gasteiger partial charge >= 0.3 is 0 Å². The minimum Gasteiger partial charge on any atom is -0.298 e. The van der Waals surface area contributed by atoms with Gasteiger partial charge in [-0.05, 0) is 18.8 Å². The predicted octanol–water partition coefficient (Wildman–Crippen LogP) is 2.79. The zero-order valence-corrected chi connectivity index (χ0v) is 8.02. The molecule has 0 spiro atoms. The summed E-state index contributed by atoms with van der Waals surface area (Å²) in [6.45, 7) is 3.76. The molecule has 1 nitrogen and oxygen atoms in total. The van der Waals surface area contributed by atoms with Crippen LogP contribution in [0.1, 0.15) is 25.7 Å². The number of allylic oxidation sites excluding steroid dienone is 1. The van der Waals surface area contributed by atoms with Gasteiger partial charge in [0.1, 0.15) is 0 Å². The van der Waals surface area contributed by atoms with E-state index in [0.29, 0.717) is 5.92 Å². The average molecular weight is 187 g/mol. The van der Waals surface area contributed by atoms with Gasteiger partial charge in [-0.2, -0.15) is 0 Å². The average Bonchev–Trinajstić information content (AvgIpc) is 2.16. The van der Waals surface area contributed by atoms with Crippen molar-refractivity contribution in [1.82, 2.24) is 0 Å². The second kappa shape index (κ2) is 4.66. The predicted molar refractivity (Wildman–Crippen MR) is 51.4 cm³/mol. The molecule has 0 aliphatic heterocycles. The topological polar surface area (TPSA) is 17.1 Å². The summed E-state index contributed by atoms with van der Waals surface area (Å²) in [4.78, 5) is 11.4. The summed E-state index contributed by atoms with van der Waals surface area (Å²) in [5, 5.41) is 0. The van der Waals surface area contributed by atoms with Crippen molar-refractivity contribution in [1.29, 1.82) is 0 Å². The quantitative estimate of drug-likeness (QED) is 0.490. The monoisotopic (exact) mass is 186 g/mol. The first-order valence-electron chi connectivity index (χ1n) is 4.51. The number of halogens is 1. The van der Waals surface area contributed by atoms with Gasteiger partial charge in [0.05, 0.1) is 5.88 Å². The molecular formula is C10H15ClO. The Bertz CT molecular complexity index is 177. The Balaban J connectivity index is 2.58. The molecule has 0 aromatic carbocycles. The van der Waals surface area contributed by atoms with Crippen LogP contribution in [0, 0.1) is 11.8 Å². The Morgan fingerprint density at radius 2 is 2.17 bits per heavy atom. The van der Waals surface area contributed by atoms with Crippen LogP contribution in [-0.4, -0.2) is 11.7 Å². The van der Waals surface area contributed by atoms with Crippen LogP contribution in [0.4, 0.5) is 0 Å². The van der Waals surface area contributed by atoms with Gasteiger partial charge in [-0.3, -0.25) is 4.79 Å². The smallest absolute Gasteiger partial charge is 0.151 e. The van der Waals surface area contributed by atoms with Gasteiger partial charge in [0.15, 0.2) is 5.78 Å². The number of Topliss-reactive ketones (excluding diaryl/α,β-unsaturated/α-hetero) is 1. The highest BCUT2D eigenvalue weighted by molar-refractivity contribution is 6.27. The van der Waals surface area contributed by atoms with Crippen molar-refractivity contribution in [3.8, 4) is 0 Å². The minimum absolute atomic E-state index is 0.161. The van der Waals surface area contributed by atoms with Crippen molar-refractivity contribution in [3.63, 3.8) is 0 Å². The molecule has 0 amide bonds. The Labute approximate surface area is 78.8 Å². The molecular weight excluding hydrogens is 172 g/mol. The second-order valence-electron chi connectivity index (χ2n) is 3.39. The van der Waals surface area contributed by atoms with Crippen molar-refractivity contribution >= 4 is 17.4 Å². The van der Waals surface area contributed by atoms with Gasteiger partial charge in [-0.1, -0.05) is 18.9 Å². The molecule has 1 aliphatic rings. The maximum Gasteiger partial charge on any atom is 0.151 e. The first-order chi connectivity index (χ1) is 5.79. The molecule has 0 saturated heterocycles. The molecule has 0 aromatic heterocycles. The fourth-order valence-electron chi connectivity index (χ4n) is 1.94. The van der Waals surface area contributed by atoms with Crippen LogP contribution in [0.15, 0.2) is 12.7 Å². The lowest BCUT2D eigenvalue weighted by molar-refractivity contribution is -0.122. The summed E-state index contributed by atoms with van der Waals surface area (Å²) in [6, 6.07) is 0. The highest BCUT2D eigenvalue weighted by atomic mass is 35.5. The number of rotatable bonds is 3. The van der Waals surface area contributed by atoms with Crippen molar-refractivity contribution in [2.24, 2.45) is 11.8 Å². The summed E-state index contributed by atoms with van der Waals surface area (Å²) in [5.74, 6) is 0.898. The van der Waals surface area contributed by atoms with E-state index in [4.69, 9.17) is 11.6 Å². The minimum atomic E-state index is 0.161. The molecule has 0 N–H and O–H groups in total. The Morgan fingerprint density at radius 3 is 2.75 bits per heavy atom. The van der Waals surface area contributed by atoms with Crippen molar-refractivity contribution in [2.45, 2.75) is 25.7 Å². The first kappa shape index (κ1) is 9.79. The lowest BCUT2D eigenvalue weighted by atomic mass is 9.77. The molecule has 0 radical (unpaired) electrons. The SMILES string of the molecule is C=C[C@H]1CCCC[C@H]1C(=O)CCl. The van der Waals surface area contributed by atoms with Crippen LogP contribution < -0.4 is 0 Å². The van der Waals surface area contributed by atoms with Gasteiger partial charge in [-0.25, -0.2) is 0 Å². The molecule has 0 heterocycles. The van der Waals surface area contributed by atoms with Gasteiger partial charge < -0.3 is 0 Å². The number of carbonyl (C=O) groups is 1. The summed E-state index contributed by atoms with van der Waals surface area (Å²) in [6.07, 6.45) is 6.41. The van der Waals surface area contributed by atoms with Crippen molar-refractivity contribution in [2.75, 3.05) is 5.88 Å². The standard InChI is InChI=1S/C10H15ClO/c1-2-8-5-3-4-6-9(8)10(12)7-11/h2,8-9H,1,3-7H2/t8-,9+/m0/s1. The first-order valence-corrected chi connectivity index (χ1v) is 5.04. The number of alkyl halides is 1. The molecule has 0 aromatic rings. The van der Waals surface area contributed by atoms with Gasteiger partial charge in [0, 0.05) is 5.92 Å². The van der Waals surface area contributed by atoms with Crippen LogP contribution in [0.2, 0.25) is 0 Å². The van der Waals surface area contributed by atoms with Crippen molar-refractivity contribution < 1.29 is 4.79 Å². The molecule has 0 bridgehead atoms. The largest absolute Gasteiger partial charge is 0.298 e. The van der Waals surface area contributed by atoms with E-state index in [2.05, 4.69) is 6.58 Å². The molecule has 1 saturated carbocycles. The van der Waals surface area contributed by atoms with E-state index in [9.17, 15) is 4.79 Å². The summed E-state index contributed by atoms with van der Waals surface area (Å²) in [7, 11) is 0. The maximum absolute atomic E-state index is 11.4. The number of hydrogen-bond acceptors (Lipinski definition) is 1. The Morgan fingerprint density at radius 1 is 1.50 bits per heavy atom. The van der Waals surface area contributed by atoms with Crippen LogP contribution in [-0.2, 0) is 4.79 Å². The van der Waals surface area contributed by atoms with Gasteiger partial charge in [0.25, 0.3) is 0 Å². The summed E-state index contributed by atoms with van der Waals surface area (Å²) < 4.78 is 0. The van der Waals surface area contributed by atoms with Crippen LogP contribution in [0.3, 0.4) is 0 Å².